The average molecular weight is 155 g/mol. The maximum absolute atomic E-state index is 10.8. The van der Waals surface area contributed by atoms with Crippen molar-refractivity contribution in [3.63, 3.8) is 0 Å². The van der Waals surface area contributed by atoms with Gasteiger partial charge < -0.3 is 11.1 Å². The van der Waals surface area contributed by atoms with Crippen LogP contribution >= 0.6 is 0 Å². The fourth-order valence-electron chi connectivity index (χ4n) is 0.656. The lowest BCUT2D eigenvalue weighted by atomic mass is 10.2. The minimum atomic E-state index is -0.0694. The molecule has 0 unspecified atom stereocenters. The Morgan fingerprint density at radius 1 is 1.55 bits per heavy atom. The van der Waals surface area contributed by atoms with Gasteiger partial charge in [0.15, 0.2) is 0 Å². The summed E-state index contributed by atoms with van der Waals surface area (Å²) in [5, 5.41) is 10.6. The first-order chi connectivity index (χ1) is 5.31. The van der Waals surface area contributed by atoms with Gasteiger partial charge in [-0.05, 0) is 19.4 Å². The molecule has 4 heteroatoms. The van der Waals surface area contributed by atoms with Crippen LogP contribution in [-0.2, 0) is 4.79 Å². The molecule has 0 aromatic heterocycles. The number of hydrogen-bond donors (Lipinski definition) is 2. The molecule has 0 aromatic rings. The fourth-order valence-corrected chi connectivity index (χ4v) is 0.656. The zero-order valence-corrected chi connectivity index (χ0v) is 6.47. The summed E-state index contributed by atoms with van der Waals surface area (Å²) in [6.07, 6.45) is 2.13. The van der Waals surface area contributed by atoms with E-state index in [0.29, 0.717) is 13.0 Å². The number of carbonyl (C=O) groups excluding carboxylic acids is 1. The fraction of sp³-hybridized carbons (Fsp3) is 0.714. The van der Waals surface area contributed by atoms with E-state index in [0.717, 1.165) is 12.8 Å². The van der Waals surface area contributed by atoms with Crippen LogP contribution in [0.1, 0.15) is 19.3 Å². The minimum Gasteiger partial charge on any atom is -0.343 e. The highest BCUT2D eigenvalue weighted by molar-refractivity contribution is 5.75. The lowest BCUT2D eigenvalue weighted by Gasteiger charge is -1.98. The van der Waals surface area contributed by atoms with E-state index in [4.69, 9.17) is 11.0 Å². The molecule has 0 atom stereocenters. The molecule has 0 aliphatic heterocycles. The van der Waals surface area contributed by atoms with Gasteiger partial charge in [-0.3, -0.25) is 4.79 Å². The lowest BCUT2D eigenvalue weighted by molar-refractivity contribution is -0.120. The molecule has 0 spiro atoms. The summed E-state index contributed by atoms with van der Waals surface area (Å²) in [5.41, 5.74) is 5.23. The zero-order valence-electron chi connectivity index (χ0n) is 6.47. The second-order valence-electron chi connectivity index (χ2n) is 2.18. The second kappa shape index (κ2) is 7.03. The predicted octanol–water partition coefficient (Wildman–Crippen LogP) is -0.245. The Kier molecular flexibility index (Phi) is 6.34. The molecule has 4 nitrogen and oxygen atoms in total. The van der Waals surface area contributed by atoms with Gasteiger partial charge in [-0.15, -0.1) is 0 Å². The third-order valence-corrected chi connectivity index (χ3v) is 1.22. The van der Waals surface area contributed by atoms with Crippen molar-refractivity contribution in [2.24, 2.45) is 5.73 Å². The van der Waals surface area contributed by atoms with Gasteiger partial charge >= 0.3 is 0 Å². The third-order valence-electron chi connectivity index (χ3n) is 1.22. The minimum absolute atomic E-state index is 0.0694. The predicted molar refractivity (Wildman–Crippen MR) is 41.5 cm³/mol. The first-order valence-corrected chi connectivity index (χ1v) is 3.65. The number of rotatable bonds is 5. The molecule has 62 valence electrons. The number of nitrogens with zero attached hydrogens (tertiary/aromatic N) is 1. The highest BCUT2D eigenvalue weighted by atomic mass is 16.1. The van der Waals surface area contributed by atoms with Crippen LogP contribution in [0.3, 0.4) is 0 Å². The summed E-state index contributed by atoms with van der Waals surface area (Å²) in [6, 6.07) is 1.83. The normalized spacial score (nSPS) is 8.73. The topological polar surface area (TPSA) is 78.9 Å². The molecule has 0 heterocycles. The van der Waals surface area contributed by atoms with Crippen LogP contribution in [0, 0.1) is 11.3 Å². The quantitative estimate of drug-likeness (QED) is 0.424. The van der Waals surface area contributed by atoms with Gasteiger partial charge in [-0.2, -0.15) is 5.26 Å². The molecule has 1 amide bonds. The molecule has 0 radical (unpaired) electrons. The Bertz CT molecular complexity index is 150. The standard InChI is InChI=1S/C7H13N3O/c8-4-2-1-3-7(11)10-6-5-9/h1-4,6,8H2,(H,10,11). The highest BCUT2D eigenvalue weighted by Gasteiger charge is 1.97. The largest absolute Gasteiger partial charge is 0.343 e. The molecular formula is C7H13N3O. The highest BCUT2D eigenvalue weighted by Crippen LogP contribution is 1.91. The van der Waals surface area contributed by atoms with Crippen LogP contribution in [0.5, 0.6) is 0 Å². The average Bonchev–Trinajstić information content (AvgIpc) is 2.01. The van der Waals surface area contributed by atoms with Crippen LogP contribution in [0.25, 0.3) is 0 Å². The second-order valence-corrected chi connectivity index (χ2v) is 2.18. The number of hydrogen-bond acceptors (Lipinski definition) is 3. The molecule has 3 N–H and O–H groups in total. The number of nitriles is 1. The van der Waals surface area contributed by atoms with E-state index in [1.54, 1.807) is 0 Å². The van der Waals surface area contributed by atoms with Crippen LogP contribution in [0.2, 0.25) is 0 Å². The van der Waals surface area contributed by atoms with E-state index in [2.05, 4.69) is 5.32 Å². The van der Waals surface area contributed by atoms with Crippen molar-refractivity contribution in [1.82, 2.24) is 5.32 Å². The number of unbranched alkanes of at least 4 members (excludes halogenated alkanes) is 1. The molecule has 0 aromatic carbocycles. The van der Waals surface area contributed by atoms with Crippen molar-refractivity contribution in [3.05, 3.63) is 0 Å². The molecular weight excluding hydrogens is 142 g/mol. The molecule has 0 fully saturated rings. The van der Waals surface area contributed by atoms with Gasteiger partial charge in [0.05, 0.1) is 6.07 Å². The third kappa shape index (κ3) is 6.81. The van der Waals surface area contributed by atoms with Crippen LogP contribution < -0.4 is 11.1 Å². The van der Waals surface area contributed by atoms with E-state index in [-0.39, 0.29) is 12.5 Å². The smallest absolute Gasteiger partial charge is 0.220 e. The van der Waals surface area contributed by atoms with E-state index >= 15 is 0 Å². The van der Waals surface area contributed by atoms with Crippen molar-refractivity contribution < 1.29 is 4.79 Å². The summed E-state index contributed by atoms with van der Waals surface area (Å²) in [5.74, 6) is -0.0694. The monoisotopic (exact) mass is 155 g/mol. The van der Waals surface area contributed by atoms with E-state index in [1.807, 2.05) is 6.07 Å². The van der Waals surface area contributed by atoms with Crippen molar-refractivity contribution >= 4 is 5.91 Å². The Morgan fingerprint density at radius 3 is 2.82 bits per heavy atom. The summed E-state index contributed by atoms with van der Waals surface area (Å²) in [6.45, 7) is 0.715. The Balaban J connectivity index is 3.17. The molecule has 0 rings (SSSR count). The van der Waals surface area contributed by atoms with Crippen molar-refractivity contribution in [3.8, 4) is 6.07 Å². The van der Waals surface area contributed by atoms with Crippen molar-refractivity contribution in [2.75, 3.05) is 13.1 Å². The van der Waals surface area contributed by atoms with Gasteiger partial charge in [0, 0.05) is 6.42 Å². The SMILES string of the molecule is N#CCNC(=O)CCCCN. The number of amides is 1. The van der Waals surface area contributed by atoms with E-state index in [1.165, 1.54) is 0 Å². The van der Waals surface area contributed by atoms with Gasteiger partial charge in [-0.25, -0.2) is 0 Å². The van der Waals surface area contributed by atoms with Gasteiger partial charge in [-0.1, -0.05) is 0 Å². The van der Waals surface area contributed by atoms with Crippen LogP contribution in [0.4, 0.5) is 0 Å². The maximum Gasteiger partial charge on any atom is 0.220 e. The van der Waals surface area contributed by atoms with E-state index < -0.39 is 0 Å². The molecule has 0 bridgehead atoms. The van der Waals surface area contributed by atoms with Gasteiger partial charge in [0.1, 0.15) is 6.54 Å². The number of carbonyl (C=O) groups is 1. The van der Waals surface area contributed by atoms with Crippen LogP contribution in [-0.4, -0.2) is 19.0 Å². The van der Waals surface area contributed by atoms with Gasteiger partial charge in [0.25, 0.3) is 0 Å². The van der Waals surface area contributed by atoms with Crippen molar-refractivity contribution in [2.45, 2.75) is 19.3 Å². The van der Waals surface area contributed by atoms with Crippen molar-refractivity contribution in [1.29, 1.82) is 5.26 Å². The van der Waals surface area contributed by atoms with Gasteiger partial charge in [0.2, 0.25) is 5.91 Å². The Hall–Kier alpha value is -1.08. The molecule has 0 saturated heterocycles. The summed E-state index contributed by atoms with van der Waals surface area (Å²) < 4.78 is 0. The maximum atomic E-state index is 10.8. The molecule has 0 aliphatic rings. The van der Waals surface area contributed by atoms with E-state index in [9.17, 15) is 4.79 Å². The number of nitrogens with two attached hydrogens (primary N) is 1. The first kappa shape index (κ1) is 9.92. The van der Waals surface area contributed by atoms with Crippen LogP contribution in [0.15, 0.2) is 0 Å². The number of nitrogens with one attached hydrogen (secondary N) is 1. The molecule has 0 saturated carbocycles. The summed E-state index contributed by atoms with van der Waals surface area (Å²) in [7, 11) is 0. The molecule has 0 aliphatic carbocycles. The summed E-state index contributed by atoms with van der Waals surface area (Å²) >= 11 is 0. The Labute approximate surface area is 66.4 Å². The summed E-state index contributed by atoms with van der Waals surface area (Å²) in [4.78, 5) is 10.8. The molecule has 11 heavy (non-hydrogen) atoms. The Morgan fingerprint density at radius 2 is 2.27 bits per heavy atom. The zero-order chi connectivity index (χ0) is 8.53. The first-order valence-electron chi connectivity index (χ1n) is 3.65. The lowest BCUT2D eigenvalue weighted by Crippen LogP contribution is -2.23.